The molecule has 0 amide bonds. The van der Waals surface area contributed by atoms with Gasteiger partial charge in [-0.2, -0.15) is 0 Å². The van der Waals surface area contributed by atoms with Crippen molar-refractivity contribution in [1.82, 2.24) is 4.98 Å². The number of pyridine rings is 1. The van der Waals surface area contributed by atoms with Crippen LogP contribution in [0.4, 0.5) is 0 Å². The quantitative estimate of drug-likeness (QED) is 0.726. The van der Waals surface area contributed by atoms with E-state index in [1.807, 2.05) is 6.92 Å². The summed E-state index contributed by atoms with van der Waals surface area (Å²) in [6, 6.07) is 3.45. The number of ether oxygens (including phenoxy) is 1. The van der Waals surface area contributed by atoms with Gasteiger partial charge >= 0.3 is 5.97 Å². The Labute approximate surface area is 83.1 Å². The number of aromatic nitrogens is 1. The number of rotatable bonds is 3. The van der Waals surface area contributed by atoms with Crippen molar-refractivity contribution in [3.05, 3.63) is 29.1 Å². The highest BCUT2D eigenvalue weighted by Crippen LogP contribution is 2.09. The first-order valence-corrected chi connectivity index (χ1v) is 4.50. The van der Waals surface area contributed by atoms with Gasteiger partial charge in [0.05, 0.1) is 24.1 Å². The van der Waals surface area contributed by atoms with E-state index < -0.39 is 0 Å². The lowest BCUT2D eigenvalue weighted by atomic mass is 10.1. The van der Waals surface area contributed by atoms with Crippen molar-refractivity contribution in [1.29, 1.82) is 0 Å². The summed E-state index contributed by atoms with van der Waals surface area (Å²) in [6.45, 7) is 2.32. The topological polar surface area (TPSA) is 65.2 Å². The van der Waals surface area contributed by atoms with Crippen LogP contribution in [0, 0.1) is 0 Å². The number of carbonyl (C=O) groups excluding carboxylic acids is 1. The number of nitrogens with two attached hydrogens (primary N) is 1. The highest BCUT2D eigenvalue weighted by Gasteiger charge is 2.11. The van der Waals surface area contributed by atoms with E-state index in [4.69, 9.17) is 5.73 Å². The largest absolute Gasteiger partial charge is 0.465 e. The van der Waals surface area contributed by atoms with Gasteiger partial charge in [0, 0.05) is 6.54 Å². The molecule has 0 spiro atoms. The molecule has 0 unspecified atom stereocenters. The van der Waals surface area contributed by atoms with Crippen LogP contribution < -0.4 is 5.73 Å². The minimum atomic E-state index is -0.349. The molecule has 0 saturated carbocycles. The molecular formula is C10H14N2O2. The SMILES string of the molecule is CCc1nc(CN)ccc1C(=O)OC. The van der Waals surface area contributed by atoms with Gasteiger partial charge in [0.15, 0.2) is 0 Å². The summed E-state index contributed by atoms with van der Waals surface area (Å²) in [5.41, 5.74) is 7.50. The summed E-state index contributed by atoms with van der Waals surface area (Å²) in [5, 5.41) is 0. The maximum absolute atomic E-state index is 11.3. The maximum Gasteiger partial charge on any atom is 0.339 e. The molecule has 0 aliphatic rings. The van der Waals surface area contributed by atoms with Crippen LogP contribution >= 0.6 is 0 Å². The highest BCUT2D eigenvalue weighted by atomic mass is 16.5. The molecule has 1 heterocycles. The van der Waals surface area contributed by atoms with Crippen LogP contribution in [0.1, 0.15) is 28.7 Å². The fraction of sp³-hybridized carbons (Fsp3) is 0.400. The summed E-state index contributed by atoms with van der Waals surface area (Å²) < 4.78 is 4.64. The number of carbonyl (C=O) groups is 1. The molecule has 0 fully saturated rings. The monoisotopic (exact) mass is 194 g/mol. The van der Waals surface area contributed by atoms with Gasteiger partial charge in [-0.25, -0.2) is 4.79 Å². The second-order valence-corrected chi connectivity index (χ2v) is 2.85. The van der Waals surface area contributed by atoms with E-state index in [9.17, 15) is 4.79 Å². The average molecular weight is 194 g/mol. The normalized spacial score (nSPS) is 9.93. The predicted octanol–water partition coefficient (Wildman–Crippen LogP) is 0.889. The molecule has 4 heteroatoms. The van der Waals surface area contributed by atoms with Crippen molar-refractivity contribution < 1.29 is 9.53 Å². The summed E-state index contributed by atoms with van der Waals surface area (Å²) in [7, 11) is 1.36. The standard InChI is InChI=1S/C10H14N2O2/c1-3-9-8(10(13)14-2)5-4-7(6-11)12-9/h4-5H,3,6,11H2,1-2H3. The van der Waals surface area contributed by atoms with Crippen LogP contribution in [0.15, 0.2) is 12.1 Å². The van der Waals surface area contributed by atoms with Crippen molar-refractivity contribution in [3.63, 3.8) is 0 Å². The van der Waals surface area contributed by atoms with Gasteiger partial charge in [-0.3, -0.25) is 4.98 Å². The van der Waals surface area contributed by atoms with Gasteiger partial charge in [-0.15, -0.1) is 0 Å². The first-order valence-electron chi connectivity index (χ1n) is 4.50. The summed E-state index contributed by atoms with van der Waals surface area (Å²) in [5.74, 6) is -0.349. The number of nitrogens with zero attached hydrogens (tertiary/aromatic N) is 1. The number of methoxy groups -OCH3 is 1. The first kappa shape index (κ1) is 10.7. The number of aryl methyl sites for hydroxylation is 1. The highest BCUT2D eigenvalue weighted by molar-refractivity contribution is 5.90. The van der Waals surface area contributed by atoms with Gasteiger partial charge in [-0.05, 0) is 18.6 Å². The fourth-order valence-corrected chi connectivity index (χ4v) is 1.23. The molecule has 0 bridgehead atoms. The first-order chi connectivity index (χ1) is 6.72. The molecule has 1 aromatic rings. The molecule has 0 aromatic carbocycles. The van der Waals surface area contributed by atoms with Crippen LogP contribution in [0.2, 0.25) is 0 Å². The second-order valence-electron chi connectivity index (χ2n) is 2.85. The minimum Gasteiger partial charge on any atom is -0.465 e. The van der Waals surface area contributed by atoms with E-state index in [1.54, 1.807) is 12.1 Å². The molecule has 1 aromatic heterocycles. The van der Waals surface area contributed by atoms with Crippen molar-refractivity contribution in [2.45, 2.75) is 19.9 Å². The Hall–Kier alpha value is -1.42. The van der Waals surface area contributed by atoms with E-state index in [0.29, 0.717) is 18.5 Å². The van der Waals surface area contributed by atoms with E-state index in [-0.39, 0.29) is 5.97 Å². The van der Waals surface area contributed by atoms with E-state index in [1.165, 1.54) is 7.11 Å². The van der Waals surface area contributed by atoms with Gasteiger partial charge < -0.3 is 10.5 Å². The molecule has 0 atom stereocenters. The lowest BCUT2D eigenvalue weighted by Crippen LogP contribution is -2.10. The zero-order valence-corrected chi connectivity index (χ0v) is 8.41. The summed E-state index contributed by atoms with van der Waals surface area (Å²) >= 11 is 0. The Morgan fingerprint density at radius 3 is 2.79 bits per heavy atom. The summed E-state index contributed by atoms with van der Waals surface area (Å²) in [6.07, 6.45) is 0.693. The van der Waals surface area contributed by atoms with Crippen LogP contribution in [0.3, 0.4) is 0 Å². The van der Waals surface area contributed by atoms with Crippen LogP contribution in [-0.2, 0) is 17.7 Å². The van der Waals surface area contributed by atoms with Gasteiger partial charge in [0.25, 0.3) is 0 Å². The maximum atomic E-state index is 11.3. The number of esters is 1. The van der Waals surface area contributed by atoms with Crippen molar-refractivity contribution in [3.8, 4) is 0 Å². The predicted molar refractivity (Wildman–Crippen MR) is 52.8 cm³/mol. The van der Waals surface area contributed by atoms with Gasteiger partial charge in [0.2, 0.25) is 0 Å². The third-order valence-corrected chi connectivity index (χ3v) is 1.98. The van der Waals surface area contributed by atoms with Gasteiger partial charge in [-0.1, -0.05) is 6.92 Å². The molecule has 0 radical (unpaired) electrons. The molecule has 4 nitrogen and oxygen atoms in total. The average Bonchev–Trinajstić information content (AvgIpc) is 2.27. The summed E-state index contributed by atoms with van der Waals surface area (Å²) in [4.78, 5) is 15.6. The third-order valence-electron chi connectivity index (χ3n) is 1.98. The Morgan fingerprint density at radius 2 is 2.29 bits per heavy atom. The van der Waals surface area contributed by atoms with Crippen LogP contribution in [-0.4, -0.2) is 18.1 Å². The third kappa shape index (κ3) is 2.09. The number of hydrogen-bond donors (Lipinski definition) is 1. The Kier molecular flexibility index (Phi) is 3.59. The molecule has 2 N–H and O–H groups in total. The molecule has 0 aliphatic heterocycles. The lowest BCUT2D eigenvalue weighted by Gasteiger charge is -2.06. The van der Waals surface area contributed by atoms with E-state index in [0.717, 1.165) is 11.4 Å². The molecule has 0 saturated heterocycles. The minimum absolute atomic E-state index is 0.349. The van der Waals surface area contributed by atoms with Crippen molar-refractivity contribution >= 4 is 5.97 Å². The second kappa shape index (κ2) is 4.72. The molecule has 0 aliphatic carbocycles. The Morgan fingerprint density at radius 1 is 1.57 bits per heavy atom. The smallest absolute Gasteiger partial charge is 0.339 e. The number of hydrogen-bond acceptors (Lipinski definition) is 4. The van der Waals surface area contributed by atoms with Crippen molar-refractivity contribution in [2.75, 3.05) is 7.11 Å². The van der Waals surface area contributed by atoms with Crippen LogP contribution in [0.5, 0.6) is 0 Å². The zero-order chi connectivity index (χ0) is 10.6. The van der Waals surface area contributed by atoms with E-state index >= 15 is 0 Å². The molecule has 14 heavy (non-hydrogen) atoms. The van der Waals surface area contributed by atoms with Gasteiger partial charge in [0.1, 0.15) is 0 Å². The fourth-order valence-electron chi connectivity index (χ4n) is 1.23. The van der Waals surface area contributed by atoms with Crippen molar-refractivity contribution in [2.24, 2.45) is 5.73 Å². The van der Waals surface area contributed by atoms with E-state index in [2.05, 4.69) is 9.72 Å². The Balaban J connectivity index is 3.11. The molecule has 1 rings (SSSR count). The molecular weight excluding hydrogens is 180 g/mol. The zero-order valence-electron chi connectivity index (χ0n) is 8.41. The Bertz CT molecular complexity index is 337. The lowest BCUT2D eigenvalue weighted by molar-refractivity contribution is 0.0599. The van der Waals surface area contributed by atoms with Crippen LogP contribution in [0.25, 0.3) is 0 Å². The molecule has 76 valence electrons.